The highest BCUT2D eigenvalue weighted by atomic mass is 35.5. The van der Waals surface area contributed by atoms with Crippen LogP contribution in [0.15, 0.2) is 22.7 Å². The molecule has 0 aliphatic carbocycles. The molecule has 0 saturated heterocycles. The molecule has 0 unspecified atom stereocenters. The van der Waals surface area contributed by atoms with E-state index in [9.17, 15) is 0 Å². The second kappa shape index (κ2) is 4.41. The number of hydrogen-bond acceptors (Lipinski definition) is 3. The Morgan fingerprint density at radius 2 is 2.06 bits per heavy atom. The summed E-state index contributed by atoms with van der Waals surface area (Å²) < 4.78 is 5.34. The van der Waals surface area contributed by atoms with Gasteiger partial charge in [0.1, 0.15) is 0 Å². The fourth-order valence-electron chi connectivity index (χ4n) is 1.92. The minimum Gasteiger partial charge on any atom is -0.381 e. The lowest BCUT2D eigenvalue weighted by Crippen LogP contribution is -1.96. The molecular formula is C13H15ClN2O. The van der Waals surface area contributed by atoms with Crippen LogP contribution >= 0.6 is 11.6 Å². The first-order chi connectivity index (χ1) is 8.02. The number of aromatic nitrogens is 1. The summed E-state index contributed by atoms with van der Waals surface area (Å²) >= 11 is 6.11. The zero-order valence-corrected chi connectivity index (χ0v) is 10.9. The van der Waals surface area contributed by atoms with Gasteiger partial charge in [0.2, 0.25) is 0 Å². The smallest absolute Gasteiger partial charge is 0.172 e. The molecule has 0 aliphatic rings. The minimum absolute atomic E-state index is 0.259. The van der Waals surface area contributed by atoms with Gasteiger partial charge in [-0.1, -0.05) is 42.7 Å². The number of nitrogens with two attached hydrogens (primary N) is 1. The summed E-state index contributed by atoms with van der Waals surface area (Å²) in [6.07, 6.45) is 0. The van der Waals surface area contributed by atoms with Crippen LogP contribution < -0.4 is 5.73 Å². The van der Waals surface area contributed by atoms with Crippen molar-refractivity contribution in [2.24, 2.45) is 0 Å². The molecule has 0 spiro atoms. The van der Waals surface area contributed by atoms with Crippen LogP contribution in [0.1, 0.15) is 30.9 Å². The van der Waals surface area contributed by atoms with Crippen molar-refractivity contribution in [1.82, 2.24) is 5.16 Å². The Bertz CT molecular complexity index is 546. The lowest BCUT2D eigenvalue weighted by atomic mass is 9.97. The van der Waals surface area contributed by atoms with Crippen molar-refractivity contribution in [3.05, 3.63) is 34.3 Å². The largest absolute Gasteiger partial charge is 0.381 e. The Labute approximate surface area is 106 Å². The molecular weight excluding hydrogens is 236 g/mol. The third kappa shape index (κ3) is 2.03. The summed E-state index contributed by atoms with van der Waals surface area (Å²) in [5, 5.41) is 4.56. The molecule has 0 bridgehead atoms. The number of anilines is 1. The summed E-state index contributed by atoms with van der Waals surface area (Å²) in [6.45, 7) is 6.08. The van der Waals surface area contributed by atoms with E-state index in [-0.39, 0.29) is 5.92 Å². The molecule has 3 nitrogen and oxygen atoms in total. The number of rotatable bonds is 2. The van der Waals surface area contributed by atoms with E-state index in [4.69, 9.17) is 21.9 Å². The van der Waals surface area contributed by atoms with Gasteiger partial charge >= 0.3 is 0 Å². The molecule has 0 saturated carbocycles. The standard InChI is InChI=1S/C13H15ClN2O/c1-7(2)11-12(17-16-13(11)15)9-5-4-6-10(14)8(9)3/h4-7H,1-3H3,(H2,15,16). The van der Waals surface area contributed by atoms with Crippen LogP contribution in [0, 0.1) is 6.92 Å². The van der Waals surface area contributed by atoms with Crippen molar-refractivity contribution in [1.29, 1.82) is 0 Å². The van der Waals surface area contributed by atoms with Crippen molar-refractivity contribution < 1.29 is 4.52 Å². The van der Waals surface area contributed by atoms with Crippen LogP contribution in [-0.4, -0.2) is 5.16 Å². The summed E-state index contributed by atoms with van der Waals surface area (Å²) in [4.78, 5) is 0. The molecule has 0 amide bonds. The van der Waals surface area contributed by atoms with Crippen LogP contribution in [0.4, 0.5) is 5.82 Å². The Kier molecular flexibility index (Phi) is 3.11. The molecule has 0 fully saturated rings. The molecule has 2 rings (SSSR count). The highest BCUT2D eigenvalue weighted by Crippen LogP contribution is 2.36. The molecule has 1 heterocycles. The maximum Gasteiger partial charge on any atom is 0.172 e. The quantitative estimate of drug-likeness (QED) is 0.876. The Morgan fingerprint density at radius 3 is 2.71 bits per heavy atom. The lowest BCUT2D eigenvalue weighted by molar-refractivity contribution is 0.434. The number of halogens is 1. The topological polar surface area (TPSA) is 52.0 Å². The van der Waals surface area contributed by atoms with Crippen molar-refractivity contribution in [3.63, 3.8) is 0 Å². The molecule has 1 aromatic heterocycles. The zero-order valence-electron chi connectivity index (χ0n) is 10.1. The van der Waals surface area contributed by atoms with Gasteiger partial charge in [-0.15, -0.1) is 0 Å². The second-order valence-electron chi connectivity index (χ2n) is 4.38. The van der Waals surface area contributed by atoms with Gasteiger partial charge in [0.25, 0.3) is 0 Å². The summed E-state index contributed by atoms with van der Waals surface area (Å²) in [6, 6.07) is 5.72. The molecule has 2 aromatic rings. The fourth-order valence-corrected chi connectivity index (χ4v) is 2.09. The van der Waals surface area contributed by atoms with E-state index in [0.29, 0.717) is 10.8 Å². The molecule has 0 aliphatic heterocycles. The minimum atomic E-state index is 0.259. The van der Waals surface area contributed by atoms with Crippen LogP contribution in [0.3, 0.4) is 0 Å². The predicted octanol–water partition coefficient (Wildman–Crippen LogP) is 4.01. The second-order valence-corrected chi connectivity index (χ2v) is 4.78. The molecule has 1 aromatic carbocycles. The Balaban J connectivity index is 2.65. The van der Waals surface area contributed by atoms with Crippen LogP contribution in [-0.2, 0) is 0 Å². The fraction of sp³-hybridized carbons (Fsp3) is 0.308. The first kappa shape index (κ1) is 12.0. The van der Waals surface area contributed by atoms with Gasteiger partial charge in [0.15, 0.2) is 11.6 Å². The van der Waals surface area contributed by atoms with Crippen LogP contribution in [0.2, 0.25) is 5.02 Å². The number of hydrogen-bond donors (Lipinski definition) is 1. The highest BCUT2D eigenvalue weighted by Gasteiger charge is 2.20. The Hall–Kier alpha value is -1.48. The SMILES string of the molecule is Cc1c(Cl)cccc1-c1onc(N)c1C(C)C. The van der Waals surface area contributed by atoms with E-state index in [1.165, 1.54) is 0 Å². The van der Waals surface area contributed by atoms with Crippen molar-refractivity contribution >= 4 is 17.4 Å². The zero-order chi connectivity index (χ0) is 12.6. The van der Waals surface area contributed by atoms with E-state index < -0.39 is 0 Å². The van der Waals surface area contributed by atoms with E-state index in [1.54, 1.807) is 0 Å². The first-order valence-electron chi connectivity index (χ1n) is 5.53. The molecule has 2 N–H and O–H groups in total. The van der Waals surface area contributed by atoms with Crippen LogP contribution in [0.5, 0.6) is 0 Å². The predicted molar refractivity (Wildman–Crippen MR) is 70.2 cm³/mol. The summed E-state index contributed by atoms with van der Waals surface area (Å²) in [5.41, 5.74) is 8.70. The van der Waals surface area contributed by atoms with Gasteiger partial charge in [-0.3, -0.25) is 0 Å². The monoisotopic (exact) mass is 250 g/mol. The van der Waals surface area contributed by atoms with Crippen LogP contribution in [0.25, 0.3) is 11.3 Å². The van der Waals surface area contributed by atoms with Gasteiger partial charge < -0.3 is 10.3 Å². The average molecular weight is 251 g/mol. The number of nitrogen functional groups attached to an aromatic ring is 1. The first-order valence-corrected chi connectivity index (χ1v) is 5.90. The van der Waals surface area contributed by atoms with E-state index in [2.05, 4.69) is 19.0 Å². The lowest BCUT2D eigenvalue weighted by Gasteiger charge is -2.08. The third-order valence-corrected chi connectivity index (χ3v) is 3.25. The molecule has 4 heteroatoms. The normalized spacial score (nSPS) is 11.1. The van der Waals surface area contributed by atoms with Crippen molar-refractivity contribution in [2.45, 2.75) is 26.7 Å². The number of nitrogens with zero attached hydrogens (tertiary/aromatic N) is 1. The van der Waals surface area contributed by atoms with Gasteiger partial charge in [0, 0.05) is 16.1 Å². The van der Waals surface area contributed by atoms with Gasteiger partial charge in [0.05, 0.1) is 0 Å². The van der Waals surface area contributed by atoms with E-state index >= 15 is 0 Å². The summed E-state index contributed by atoms with van der Waals surface area (Å²) in [7, 11) is 0. The maximum atomic E-state index is 6.11. The molecule has 0 atom stereocenters. The number of benzene rings is 1. The molecule has 17 heavy (non-hydrogen) atoms. The van der Waals surface area contributed by atoms with Gasteiger partial charge in [-0.2, -0.15) is 0 Å². The van der Waals surface area contributed by atoms with Crippen molar-refractivity contribution in [2.75, 3.05) is 5.73 Å². The van der Waals surface area contributed by atoms with Gasteiger partial charge in [-0.05, 0) is 24.5 Å². The van der Waals surface area contributed by atoms with Gasteiger partial charge in [-0.25, -0.2) is 0 Å². The molecule has 0 radical (unpaired) electrons. The summed E-state index contributed by atoms with van der Waals surface area (Å²) in [5.74, 6) is 1.43. The average Bonchev–Trinajstić information content (AvgIpc) is 2.64. The molecule has 90 valence electrons. The highest BCUT2D eigenvalue weighted by molar-refractivity contribution is 6.31. The van der Waals surface area contributed by atoms with E-state index in [1.807, 2.05) is 25.1 Å². The van der Waals surface area contributed by atoms with E-state index in [0.717, 1.165) is 22.5 Å². The Morgan fingerprint density at radius 1 is 1.35 bits per heavy atom. The maximum absolute atomic E-state index is 6.11. The third-order valence-electron chi connectivity index (χ3n) is 2.85. The van der Waals surface area contributed by atoms with Crippen molar-refractivity contribution in [3.8, 4) is 11.3 Å².